The van der Waals surface area contributed by atoms with Crippen molar-refractivity contribution in [2.75, 3.05) is 37.7 Å². The molecule has 0 aromatic heterocycles. The number of para-hydroxylation sites is 1. The van der Waals surface area contributed by atoms with E-state index in [9.17, 15) is 0 Å². The Morgan fingerprint density at radius 1 is 1.00 bits per heavy atom. The Bertz CT molecular complexity index is 629. The number of nitrogens with zero attached hydrogens (tertiary/aromatic N) is 2. The van der Waals surface area contributed by atoms with E-state index in [1.807, 2.05) is 12.1 Å². The maximum atomic E-state index is 6.37. The van der Waals surface area contributed by atoms with Crippen LogP contribution in [-0.4, -0.2) is 61.9 Å². The fourth-order valence-corrected chi connectivity index (χ4v) is 5.36. The Hall–Kier alpha value is -0.810. The molecule has 4 nitrogen and oxygen atoms in total. The lowest BCUT2D eigenvalue weighted by molar-refractivity contribution is -0.0581. The minimum Gasteiger partial charge on any atom is -0.375 e. The van der Waals surface area contributed by atoms with Gasteiger partial charge in [-0.25, -0.2) is 0 Å². The molecule has 0 spiro atoms. The molecule has 4 fully saturated rings. The Kier molecular flexibility index (Phi) is 4.86. The van der Waals surface area contributed by atoms with Gasteiger partial charge >= 0.3 is 0 Å². The number of anilines is 1. The largest absolute Gasteiger partial charge is 0.375 e. The van der Waals surface area contributed by atoms with Gasteiger partial charge in [-0.3, -0.25) is 4.90 Å². The molecule has 5 rings (SSSR count). The van der Waals surface area contributed by atoms with Gasteiger partial charge in [0, 0.05) is 44.3 Å². The smallest absolute Gasteiger partial charge is 0.0731 e. The number of piperidine rings is 1. The lowest BCUT2D eigenvalue weighted by Crippen LogP contribution is -2.48. The first-order chi connectivity index (χ1) is 12.8. The van der Waals surface area contributed by atoms with Gasteiger partial charge in [-0.1, -0.05) is 23.7 Å². The lowest BCUT2D eigenvalue weighted by atomic mass is 10.0. The van der Waals surface area contributed by atoms with Gasteiger partial charge in [-0.2, -0.15) is 0 Å². The summed E-state index contributed by atoms with van der Waals surface area (Å²) in [4.78, 5) is 5.13. The van der Waals surface area contributed by atoms with Gasteiger partial charge in [0.25, 0.3) is 0 Å². The molecule has 142 valence electrons. The van der Waals surface area contributed by atoms with Crippen molar-refractivity contribution >= 4 is 17.3 Å². The number of halogens is 1. The Morgan fingerprint density at radius 3 is 2.58 bits per heavy atom. The molecule has 0 amide bonds. The summed E-state index contributed by atoms with van der Waals surface area (Å²) in [5, 5.41) is 4.84. The lowest BCUT2D eigenvalue weighted by Gasteiger charge is -2.36. The van der Waals surface area contributed by atoms with E-state index in [0.717, 1.165) is 30.6 Å². The quantitative estimate of drug-likeness (QED) is 0.874. The van der Waals surface area contributed by atoms with E-state index in [1.54, 1.807) is 0 Å². The number of benzene rings is 1. The highest BCUT2D eigenvalue weighted by Crippen LogP contribution is 2.38. The molecule has 3 heterocycles. The van der Waals surface area contributed by atoms with Gasteiger partial charge < -0.3 is 15.0 Å². The van der Waals surface area contributed by atoms with Crippen molar-refractivity contribution < 1.29 is 4.74 Å². The fourth-order valence-electron chi connectivity index (χ4n) is 5.10. The van der Waals surface area contributed by atoms with Crippen LogP contribution in [0.25, 0.3) is 0 Å². The van der Waals surface area contributed by atoms with E-state index in [2.05, 4.69) is 27.2 Å². The third kappa shape index (κ3) is 3.62. The van der Waals surface area contributed by atoms with E-state index in [-0.39, 0.29) is 0 Å². The van der Waals surface area contributed by atoms with Crippen LogP contribution in [0.1, 0.15) is 32.1 Å². The Morgan fingerprint density at radius 2 is 1.81 bits per heavy atom. The Balaban J connectivity index is 1.11. The van der Waals surface area contributed by atoms with Crippen molar-refractivity contribution in [3.63, 3.8) is 0 Å². The molecule has 3 aliphatic heterocycles. The van der Waals surface area contributed by atoms with E-state index < -0.39 is 0 Å². The minimum atomic E-state index is 0.517. The Labute approximate surface area is 161 Å². The third-order valence-electron chi connectivity index (χ3n) is 6.75. The number of fused-ring (bicyclic) bond motifs is 1. The highest BCUT2D eigenvalue weighted by Gasteiger charge is 2.42. The molecule has 26 heavy (non-hydrogen) atoms. The number of rotatable bonds is 4. The maximum absolute atomic E-state index is 6.37. The predicted molar refractivity (Wildman–Crippen MR) is 106 cm³/mol. The van der Waals surface area contributed by atoms with Crippen LogP contribution in [0.2, 0.25) is 5.02 Å². The molecule has 0 radical (unpaired) electrons. The summed E-state index contributed by atoms with van der Waals surface area (Å²) >= 11 is 6.37. The van der Waals surface area contributed by atoms with Gasteiger partial charge in [-0.15, -0.1) is 0 Å². The SMILES string of the molecule is Clc1ccccc1N1CCC(N[C@H]2C[C@H]3CO[C@@H](C4CC4)CN3C2)CC1. The van der Waals surface area contributed by atoms with Crippen molar-refractivity contribution in [1.29, 1.82) is 0 Å². The molecule has 1 aliphatic carbocycles. The van der Waals surface area contributed by atoms with Crippen LogP contribution in [0, 0.1) is 5.92 Å². The summed E-state index contributed by atoms with van der Waals surface area (Å²) in [6.45, 7) is 5.51. The molecule has 3 atom stereocenters. The summed E-state index contributed by atoms with van der Waals surface area (Å²) in [5.41, 5.74) is 1.19. The second-order valence-electron chi connectivity index (χ2n) is 8.63. The van der Waals surface area contributed by atoms with Crippen LogP contribution < -0.4 is 10.2 Å². The maximum Gasteiger partial charge on any atom is 0.0731 e. The molecule has 1 aromatic rings. The van der Waals surface area contributed by atoms with E-state index >= 15 is 0 Å². The van der Waals surface area contributed by atoms with E-state index in [4.69, 9.17) is 16.3 Å². The number of nitrogens with one attached hydrogen (secondary N) is 1. The molecule has 1 saturated carbocycles. The fraction of sp³-hybridized carbons (Fsp3) is 0.714. The van der Waals surface area contributed by atoms with Crippen LogP contribution in [0.5, 0.6) is 0 Å². The molecular weight excluding hydrogens is 346 g/mol. The van der Waals surface area contributed by atoms with Crippen LogP contribution in [0.15, 0.2) is 24.3 Å². The zero-order valence-electron chi connectivity index (χ0n) is 15.4. The second-order valence-corrected chi connectivity index (χ2v) is 9.04. The van der Waals surface area contributed by atoms with Gasteiger partial charge in [0.05, 0.1) is 23.4 Å². The zero-order chi connectivity index (χ0) is 17.5. The van der Waals surface area contributed by atoms with Crippen LogP contribution in [0.3, 0.4) is 0 Å². The first-order valence-electron chi connectivity index (χ1n) is 10.4. The average Bonchev–Trinajstić information content (AvgIpc) is 3.43. The highest BCUT2D eigenvalue weighted by molar-refractivity contribution is 6.33. The summed E-state index contributed by atoms with van der Waals surface area (Å²) in [6, 6.07) is 10.1. The van der Waals surface area contributed by atoms with Gasteiger partial charge in [0.1, 0.15) is 0 Å². The number of hydrogen-bond acceptors (Lipinski definition) is 4. The van der Waals surface area contributed by atoms with Crippen molar-refractivity contribution in [3.05, 3.63) is 29.3 Å². The summed E-state index contributed by atoms with van der Waals surface area (Å²) in [6.07, 6.45) is 6.94. The third-order valence-corrected chi connectivity index (χ3v) is 7.07. The summed E-state index contributed by atoms with van der Waals surface area (Å²) in [5.74, 6) is 0.858. The van der Waals surface area contributed by atoms with Crippen molar-refractivity contribution in [2.24, 2.45) is 5.92 Å². The number of hydrogen-bond donors (Lipinski definition) is 1. The normalized spacial score (nSPS) is 33.4. The highest BCUT2D eigenvalue weighted by atomic mass is 35.5. The monoisotopic (exact) mass is 375 g/mol. The average molecular weight is 376 g/mol. The summed E-state index contributed by atoms with van der Waals surface area (Å²) in [7, 11) is 0. The molecule has 4 aliphatic rings. The number of ether oxygens (including phenoxy) is 1. The molecule has 0 bridgehead atoms. The molecule has 3 saturated heterocycles. The first-order valence-corrected chi connectivity index (χ1v) is 10.8. The van der Waals surface area contributed by atoms with Gasteiger partial charge in [0.15, 0.2) is 0 Å². The number of morpholine rings is 1. The van der Waals surface area contributed by atoms with Crippen molar-refractivity contribution in [3.8, 4) is 0 Å². The predicted octanol–water partition coefficient (Wildman–Crippen LogP) is 3.15. The molecular formula is C21H30ClN3O. The zero-order valence-corrected chi connectivity index (χ0v) is 16.2. The van der Waals surface area contributed by atoms with Crippen LogP contribution >= 0.6 is 11.6 Å². The van der Waals surface area contributed by atoms with Crippen LogP contribution in [0.4, 0.5) is 5.69 Å². The van der Waals surface area contributed by atoms with E-state index in [0.29, 0.717) is 24.2 Å². The molecule has 1 aromatic carbocycles. The van der Waals surface area contributed by atoms with Crippen molar-refractivity contribution in [1.82, 2.24) is 10.2 Å². The molecule has 1 N–H and O–H groups in total. The molecule has 5 heteroatoms. The first kappa shape index (κ1) is 17.3. The minimum absolute atomic E-state index is 0.517. The standard InChI is InChI=1S/C21H30ClN3O/c22-19-3-1-2-4-20(19)24-9-7-16(8-10-24)23-17-11-18-14-26-21(15-5-6-15)13-25(18)12-17/h1-4,15-18,21,23H,5-14H2/t17-,18-,21+/m0/s1. The van der Waals surface area contributed by atoms with Gasteiger partial charge in [-0.05, 0) is 50.2 Å². The second kappa shape index (κ2) is 7.31. The van der Waals surface area contributed by atoms with Crippen LogP contribution in [-0.2, 0) is 4.74 Å². The topological polar surface area (TPSA) is 27.7 Å². The van der Waals surface area contributed by atoms with E-state index in [1.165, 1.54) is 50.9 Å². The summed E-state index contributed by atoms with van der Waals surface area (Å²) < 4.78 is 6.14. The molecule has 0 unspecified atom stereocenters. The van der Waals surface area contributed by atoms with Crippen molar-refractivity contribution in [2.45, 2.75) is 56.3 Å². The van der Waals surface area contributed by atoms with Gasteiger partial charge in [0.2, 0.25) is 0 Å².